The summed E-state index contributed by atoms with van der Waals surface area (Å²) in [7, 11) is 1.64. The number of methoxy groups -OCH3 is 1. The molecule has 2 aromatic rings. The van der Waals surface area contributed by atoms with Crippen LogP contribution in [0.25, 0.3) is 0 Å². The predicted molar refractivity (Wildman–Crippen MR) is 116 cm³/mol. The molecule has 1 saturated heterocycles. The van der Waals surface area contributed by atoms with E-state index in [0.717, 1.165) is 50.3 Å². The van der Waals surface area contributed by atoms with Gasteiger partial charge in [-0.15, -0.1) is 0 Å². The first-order valence-electron chi connectivity index (χ1n) is 10.7. The van der Waals surface area contributed by atoms with Gasteiger partial charge in [-0.3, -0.25) is 4.79 Å². The first kappa shape index (κ1) is 21.0. The van der Waals surface area contributed by atoms with Crippen molar-refractivity contribution < 1.29 is 9.53 Å². The Bertz CT molecular complexity index is 888. The Morgan fingerprint density at radius 3 is 2.87 bits per heavy atom. The molecule has 1 atom stereocenters. The molecule has 8 heteroatoms. The molecule has 0 bridgehead atoms. The van der Waals surface area contributed by atoms with Crippen LogP contribution in [0, 0.1) is 0 Å². The number of anilines is 1. The van der Waals surface area contributed by atoms with Gasteiger partial charge < -0.3 is 15.0 Å². The fraction of sp³-hybridized carbons (Fsp3) is 0.545. The van der Waals surface area contributed by atoms with Gasteiger partial charge in [0.25, 0.3) is 5.91 Å². The summed E-state index contributed by atoms with van der Waals surface area (Å²) in [6.45, 7) is 2.07. The van der Waals surface area contributed by atoms with Crippen molar-refractivity contribution in [3.8, 4) is 0 Å². The number of amides is 1. The van der Waals surface area contributed by atoms with Crippen molar-refractivity contribution in [2.24, 2.45) is 0 Å². The van der Waals surface area contributed by atoms with Crippen molar-refractivity contribution in [3.05, 3.63) is 46.6 Å². The minimum Gasteiger partial charge on any atom is -0.377 e. The molecule has 2 aromatic heterocycles. The standard InChI is InChI=1S/C22H28ClN5O2/c1-30-14-20-24-9-8-19(27-20)15-5-4-10-28(13-15)21-18(23)11-16(12-25-21)22(29)26-17-6-2-3-7-17/h8-9,11-12,15,17H,2-7,10,13-14H2,1H3,(H,26,29). The Balaban J connectivity index is 1.45. The van der Waals surface area contributed by atoms with Crippen LogP contribution in [-0.4, -0.2) is 47.1 Å². The second kappa shape index (κ2) is 9.71. The van der Waals surface area contributed by atoms with E-state index in [2.05, 4.69) is 25.2 Å². The van der Waals surface area contributed by atoms with Crippen LogP contribution in [0.5, 0.6) is 0 Å². The van der Waals surface area contributed by atoms with Gasteiger partial charge in [-0.05, 0) is 37.8 Å². The number of hydrogen-bond donors (Lipinski definition) is 1. The van der Waals surface area contributed by atoms with Crippen molar-refractivity contribution in [1.82, 2.24) is 20.3 Å². The van der Waals surface area contributed by atoms with Crippen LogP contribution in [0.1, 0.15) is 66.3 Å². The van der Waals surface area contributed by atoms with Gasteiger partial charge in [0.2, 0.25) is 0 Å². The number of nitrogens with one attached hydrogen (secondary N) is 1. The summed E-state index contributed by atoms with van der Waals surface area (Å²) in [5.74, 6) is 1.61. The smallest absolute Gasteiger partial charge is 0.253 e. The number of nitrogens with zero attached hydrogens (tertiary/aromatic N) is 4. The lowest BCUT2D eigenvalue weighted by Crippen LogP contribution is -2.36. The third-order valence-corrected chi connectivity index (χ3v) is 6.19. The molecule has 1 unspecified atom stereocenters. The largest absolute Gasteiger partial charge is 0.377 e. The Kier molecular flexibility index (Phi) is 6.79. The first-order valence-corrected chi connectivity index (χ1v) is 11.0. The molecule has 1 aliphatic heterocycles. The van der Waals surface area contributed by atoms with Crippen molar-refractivity contribution in [1.29, 1.82) is 0 Å². The fourth-order valence-electron chi connectivity index (χ4n) is 4.38. The summed E-state index contributed by atoms with van der Waals surface area (Å²) in [5.41, 5.74) is 1.54. The number of halogens is 1. The molecule has 1 N–H and O–H groups in total. The monoisotopic (exact) mass is 429 g/mol. The summed E-state index contributed by atoms with van der Waals surface area (Å²) >= 11 is 6.56. The maximum atomic E-state index is 12.5. The highest BCUT2D eigenvalue weighted by molar-refractivity contribution is 6.33. The van der Waals surface area contributed by atoms with Gasteiger partial charge in [-0.2, -0.15) is 0 Å². The fourth-order valence-corrected chi connectivity index (χ4v) is 4.66. The molecule has 0 aromatic carbocycles. The number of piperidine rings is 1. The molecule has 0 spiro atoms. The molecule has 3 heterocycles. The van der Waals surface area contributed by atoms with E-state index < -0.39 is 0 Å². The van der Waals surface area contributed by atoms with Gasteiger partial charge in [0.1, 0.15) is 12.4 Å². The van der Waals surface area contributed by atoms with Gasteiger partial charge >= 0.3 is 0 Å². The summed E-state index contributed by atoms with van der Waals surface area (Å²) in [6.07, 6.45) is 9.96. The lowest BCUT2D eigenvalue weighted by Gasteiger charge is -2.34. The van der Waals surface area contributed by atoms with Gasteiger partial charge in [0, 0.05) is 50.2 Å². The quantitative estimate of drug-likeness (QED) is 0.753. The van der Waals surface area contributed by atoms with Crippen LogP contribution < -0.4 is 10.2 Å². The third-order valence-electron chi connectivity index (χ3n) is 5.91. The zero-order chi connectivity index (χ0) is 20.9. The van der Waals surface area contributed by atoms with Crippen molar-refractivity contribution in [2.45, 2.75) is 57.1 Å². The van der Waals surface area contributed by atoms with Crippen LogP contribution in [0.15, 0.2) is 24.5 Å². The Hall–Kier alpha value is -2.25. The van der Waals surface area contributed by atoms with E-state index in [4.69, 9.17) is 16.3 Å². The molecule has 1 saturated carbocycles. The molecule has 1 amide bonds. The number of ether oxygens (including phenoxy) is 1. The number of hydrogen-bond acceptors (Lipinski definition) is 6. The minimum absolute atomic E-state index is 0.0916. The maximum Gasteiger partial charge on any atom is 0.253 e. The van der Waals surface area contributed by atoms with Crippen molar-refractivity contribution in [3.63, 3.8) is 0 Å². The zero-order valence-electron chi connectivity index (χ0n) is 17.3. The Morgan fingerprint density at radius 2 is 2.10 bits per heavy atom. The number of rotatable bonds is 6. The van der Waals surface area contributed by atoms with E-state index in [0.29, 0.717) is 23.0 Å². The van der Waals surface area contributed by atoms with Crippen molar-refractivity contribution >= 4 is 23.3 Å². The zero-order valence-corrected chi connectivity index (χ0v) is 18.1. The summed E-state index contributed by atoms with van der Waals surface area (Å²) in [4.78, 5) is 28.2. The minimum atomic E-state index is -0.0916. The lowest BCUT2D eigenvalue weighted by atomic mass is 9.94. The predicted octanol–water partition coefficient (Wildman–Crippen LogP) is 3.73. The SMILES string of the molecule is COCc1nccc(C2CCCN(c3ncc(C(=O)NC4CCCC4)cc3Cl)C2)n1. The average molecular weight is 430 g/mol. The lowest BCUT2D eigenvalue weighted by molar-refractivity contribution is 0.0937. The Labute approximate surface area is 182 Å². The van der Waals surface area contributed by atoms with E-state index in [1.54, 1.807) is 25.6 Å². The molecule has 0 radical (unpaired) electrons. The molecular weight excluding hydrogens is 402 g/mol. The molecular formula is C22H28ClN5O2. The highest BCUT2D eigenvalue weighted by Gasteiger charge is 2.26. The highest BCUT2D eigenvalue weighted by atomic mass is 35.5. The molecule has 160 valence electrons. The molecule has 4 rings (SSSR count). The molecule has 1 aliphatic carbocycles. The molecule has 30 heavy (non-hydrogen) atoms. The van der Waals surface area contributed by atoms with Crippen LogP contribution in [0.2, 0.25) is 5.02 Å². The van der Waals surface area contributed by atoms with E-state index in [9.17, 15) is 4.79 Å². The highest BCUT2D eigenvalue weighted by Crippen LogP contribution is 2.32. The van der Waals surface area contributed by atoms with Crippen LogP contribution in [-0.2, 0) is 11.3 Å². The Morgan fingerprint density at radius 1 is 1.27 bits per heavy atom. The van der Waals surface area contributed by atoms with E-state index in [-0.39, 0.29) is 17.9 Å². The molecule has 2 aliphatic rings. The third kappa shape index (κ3) is 4.90. The molecule has 7 nitrogen and oxygen atoms in total. The van der Waals surface area contributed by atoms with Gasteiger partial charge in [-0.1, -0.05) is 24.4 Å². The van der Waals surface area contributed by atoms with Crippen LogP contribution in [0.3, 0.4) is 0 Å². The van der Waals surface area contributed by atoms with E-state index >= 15 is 0 Å². The number of carbonyl (C=O) groups is 1. The second-order valence-electron chi connectivity index (χ2n) is 8.10. The number of aromatic nitrogens is 3. The second-order valence-corrected chi connectivity index (χ2v) is 8.51. The normalized spacial score (nSPS) is 19.8. The van der Waals surface area contributed by atoms with Gasteiger partial charge in [0.15, 0.2) is 5.82 Å². The van der Waals surface area contributed by atoms with Crippen LogP contribution in [0.4, 0.5) is 5.82 Å². The summed E-state index contributed by atoms with van der Waals surface area (Å²) in [6, 6.07) is 3.98. The number of pyridine rings is 1. The topological polar surface area (TPSA) is 80.2 Å². The number of carbonyl (C=O) groups excluding carboxylic acids is 1. The summed E-state index contributed by atoms with van der Waals surface area (Å²) < 4.78 is 5.15. The van der Waals surface area contributed by atoms with E-state index in [1.807, 2.05) is 6.07 Å². The van der Waals surface area contributed by atoms with Crippen LogP contribution >= 0.6 is 11.6 Å². The van der Waals surface area contributed by atoms with Gasteiger partial charge in [-0.25, -0.2) is 15.0 Å². The summed E-state index contributed by atoms with van der Waals surface area (Å²) in [5, 5.41) is 3.60. The van der Waals surface area contributed by atoms with E-state index in [1.165, 1.54) is 12.8 Å². The van der Waals surface area contributed by atoms with Crippen molar-refractivity contribution in [2.75, 3.05) is 25.1 Å². The first-order chi connectivity index (χ1) is 14.6. The average Bonchev–Trinajstić information content (AvgIpc) is 3.27. The molecule has 2 fully saturated rings. The van der Waals surface area contributed by atoms with Gasteiger partial charge in [0.05, 0.1) is 10.6 Å². The maximum absolute atomic E-state index is 12.5.